The summed E-state index contributed by atoms with van der Waals surface area (Å²) in [5.74, 6) is -0.104. The molecule has 1 aliphatic heterocycles. The molecular formula is C25H28N6O3. The predicted octanol–water partition coefficient (Wildman–Crippen LogP) is 2.95. The van der Waals surface area contributed by atoms with Crippen molar-refractivity contribution >= 4 is 29.0 Å². The molecule has 9 heteroatoms. The average Bonchev–Trinajstić information content (AvgIpc) is 3.38. The van der Waals surface area contributed by atoms with E-state index in [0.29, 0.717) is 30.8 Å². The Morgan fingerprint density at radius 3 is 2.74 bits per heavy atom. The zero-order chi connectivity index (χ0) is 24.1. The molecule has 2 aromatic carbocycles. The van der Waals surface area contributed by atoms with E-state index in [2.05, 4.69) is 15.6 Å². The van der Waals surface area contributed by atoms with Gasteiger partial charge in [-0.1, -0.05) is 29.4 Å². The number of aryl methyl sites for hydroxylation is 2. The number of hydrogen-bond donors (Lipinski definition) is 2. The molecule has 176 valence electrons. The maximum absolute atomic E-state index is 12.3. The zero-order valence-electron chi connectivity index (χ0n) is 19.3. The molecule has 1 saturated heterocycles. The van der Waals surface area contributed by atoms with Gasteiger partial charge in [-0.05, 0) is 56.2 Å². The first-order chi connectivity index (χ1) is 16.4. The summed E-state index contributed by atoms with van der Waals surface area (Å²) < 4.78 is 1.93. The maximum atomic E-state index is 12.3. The fraction of sp³-hybridized carbons (Fsp3) is 0.280. The molecule has 1 fully saturated rings. The Balaban J connectivity index is 1.32. The van der Waals surface area contributed by atoms with Gasteiger partial charge in [-0.2, -0.15) is 5.10 Å². The van der Waals surface area contributed by atoms with Crippen molar-refractivity contribution < 1.29 is 14.4 Å². The van der Waals surface area contributed by atoms with E-state index < -0.39 is 0 Å². The van der Waals surface area contributed by atoms with Gasteiger partial charge < -0.3 is 20.8 Å². The van der Waals surface area contributed by atoms with E-state index in [1.54, 1.807) is 23.1 Å². The fourth-order valence-corrected chi connectivity index (χ4v) is 3.92. The van der Waals surface area contributed by atoms with E-state index in [4.69, 9.17) is 10.6 Å². The van der Waals surface area contributed by atoms with Crippen LogP contribution in [0.25, 0.3) is 0 Å². The second kappa shape index (κ2) is 10.2. The summed E-state index contributed by atoms with van der Waals surface area (Å²) in [5, 5.41) is 11.1. The van der Waals surface area contributed by atoms with Crippen LogP contribution in [0.2, 0.25) is 0 Å². The molecule has 4 rings (SSSR count). The van der Waals surface area contributed by atoms with E-state index in [-0.39, 0.29) is 24.3 Å². The van der Waals surface area contributed by atoms with Gasteiger partial charge in [0.25, 0.3) is 5.91 Å². The number of carbonyl (C=O) groups excluding carboxylic acids is 2. The molecule has 0 aliphatic carbocycles. The highest BCUT2D eigenvalue weighted by molar-refractivity contribution is 5.98. The summed E-state index contributed by atoms with van der Waals surface area (Å²) in [6.07, 6.45) is 1.39. The standard InChI is InChI=1S/C25H28N6O3/c1-17-12-18(2)31(28-17)15-19-6-3-7-20(13-19)25(26)29-34-16-23(32)27-21-8-4-9-22(14-21)30-11-5-10-24(30)33/h3-4,6-9,12-14H,5,10-11,15-16H2,1-2H3,(H2,26,29)(H,27,32). The highest BCUT2D eigenvalue weighted by atomic mass is 16.6. The Hall–Kier alpha value is -4.14. The Labute approximate surface area is 198 Å². The number of nitrogens with one attached hydrogen (secondary N) is 1. The summed E-state index contributed by atoms with van der Waals surface area (Å²) >= 11 is 0. The number of oxime groups is 1. The Morgan fingerprint density at radius 1 is 1.18 bits per heavy atom. The second-order valence-corrected chi connectivity index (χ2v) is 8.28. The molecule has 3 aromatic rings. The second-order valence-electron chi connectivity index (χ2n) is 8.28. The van der Waals surface area contributed by atoms with Crippen molar-refractivity contribution in [2.75, 3.05) is 23.4 Å². The Morgan fingerprint density at radius 2 is 2.00 bits per heavy atom. The highest BCUT2D eigenvalue weighted by Gasteiger charge is 2.21. The van der Waals surface area contributed by atoms with Crippen LogP contribution in [0.3, 0.4) is 0 Å². The number of amidine groups is 1. The lowest BCUT2D eigenvalue weighted by Gasteiger charge is -2.16. The predicted molar refractivity (Wildman–Crippen MR) is 131 cm³/mol. The van der Waals surface area contributed by atoms with E-state index in [1.165, 1.54) is 0 Å². The fourth-order valence-electron chi connectivity index (χ4n) is 3.92. The number of benzene rings is 2. The van der Waals surface area contributed by atoms with E-state index >= 15 is 0 Å². The van der Waals surface area contributed by atoms with Crippen LogP contribution < -0.4 is 16.0 Å². The SMILES string of the molecule is Cc1cc(C)n(Cc2cccc(/C(N)=N/OCC(=O)Nc3cccc(N4CCCC4=O)c3)c2)n1. The van der Waals surface area contributed by atoms with Crippen LogP contribution in [0, 0.1) is 13.8 Å². The molecular weight excluding hydrogens is 432 g/mol. The summed E-state index contributed by atoms with van der Waals surface area (Å²) in [4.78, 5) is 31.1. The number of nitrogens with zero attached hydrogens (tertiary/aromatic N) is 4. The van der Waals surface area contributed by atoms with Gasteiger partial charge in [-0.15, -0.1) is 0 Å². The topological polar surface area (TPSA) is 115 Å². The summed E-state index contributed by atoms with van der Waals surface area (Å²) in [6, 6.07) is 16.8. The van der Waals surface area contributed by atoms with Gasteiger partial charge in [0.2, 0.25) is 5.91 Å². The molecule has 2 amide bonds. The van der Waals surface area contributed by atoms with E-state index in [0.717, 1.165) is 29.1 Å². The first-order valence-electron chi connectivity index (χ1n) is 11.1. The van der Waals surface area contributed by atoms with Gasteiger partial charge in [-0.3, -0.25) is 14.3 Å². The number of hydrogen-bond acceptors (Lipinski definition) is 5. The zero-order valence-corrected chi connectivity index (χ0v) is 19.3. The highest BCUT2D eigenvalue weighted by Crippen LogP contribution is 2.24. The smallest absolute Gasteiger partial charge is 0.265 e. The Bertz CT molecular complexity index is 1230. The molecule has 1 aliphatic rings. The number of amides is 2. The molecule has 0 bridgehead atoms. The first-order valence-corrected chi connectivity index (χ1v) is 11.1. The monoisotopic (exact) mass is 460 g/mol. The van der Waals surface area contributed by atoms with Gasteiger partial charge in [0, 0.05) is 35.6 Å². The molecule has 0 saturated carbocycles. The van der Waals surface area contributed by atoms with Crippen LogP contribution in [0.5, 0.6) is 0 Å². The number of carbonyl (C=O) groups is 2. The van der Waals surface area contributed by atoms with Crippen LogP contribution in [0.4, 0.5) is 11.4 Å². The van der Waals surface area contributed by atoms with Crippen molar-refractivity contribution in [1.29, 1.82) is 0 Å². The lowest BCUT2D eigenvalue weighted by Crippen LogP contribution is -2.24. The van der Waals surface area contributed by atoms with Crippen molar-refractivity contribution in [2.45, 2.75) is 33.2 Å². The first kappa shape index (κ1) is 23.0. The Kier molecular flexibility index (Phi) is 6.91. The van der Waals surface area contributed by atoms with Crippen molar-refractivity contribution in [3.05, 3.63) is 77.1 Å². The number of aromatic nitrogens is 2. The van der Waals surface area contributed by atoms with Gasteiger partial charge in [0.15, 0.2) is 12.4 Å². The molecule has 3 N–H and O–H groups in total. The quantitative estimate of drug-likeness (QED) is 0.305. The summed E-state index contributed by atoms with van der Waals surface area (Å²) in [7, 11) is 0. The molecule has 0 unspecified atom stereocenters. The molecule has 0 spiro atoms. The summed E-state index contributed by atoms with van der Waals surface area (Å²) in [5.41, 5.74) is 11.2. The van der Waals surface area contributed by atoms with Crippen LogP contribution >= 0.6 is 0 Å². The lowest BCUT2D eigenvalue weighted by atomic mass is 10.1. The van der Waals surface area contributed by atoms with Gasteiger partial charge in [0.1, 0.15) is 0 Å². The van der Waals surface area contributed by atoms with Crippen molar-refractivity contribution in [2.24, 2.45) is 10.9 Å². The minimum Gasteiger partial charge on any atom is -0.384 e. The van der Waals surface area contributed by atoms with Crippen molar-refractivity contribution in [3.8, 4) is 0 Å². The molecule has 0 radical (unpaired) electrons. The summed E-state index contributed by atoms with van der Waals surface area (Å²) in [6.45, 7) is 4.99. The van der Waals surface area contributed by atoms with Crippen LogP contribution in [0.15, 0.2) is 59.8 Å². The third-order valence-corrected chi connectivity index (χ3v) is 5.53. The molecule has 2 heterocycles. The van der Waals surface area contributed by atoms with Gasteiger partial charge >= 0.3 is 0 Å². The van der Waals surface area contributed by atoms with E-state index in [9.17, 15) is 9.59 Å². The van der Waals surface area contributed by atoms with E-state index in [1.807, 2.05) is 54.9 Å². The number of rotatable bonds is 8. The molecule has 9 nitrogen and oxygen atoms in total. The van der Waals surface area contributed by atoms with Gasteiger partial charge in [0.05, 0.1) is 12.2 Å². The average molecular weight is 461 g/mol. The van der Waals surface area contributed by atoms with Crippen molar-refractivity contribution in [3.63, 3.8) is 0 Å². The van der Waals surface area contributed by atoms with Crippen LogP contribution in [-0.4, -0.2) is 40.6 Å². The number of nitrogens with two attached hydrogens (primary N) is 1. The molecule has 0 atom stereocenters. The number of anilines is 2. The van der Waals surface area contributed by atoms with Gasteiger partial charge in [-0.25, -0.2) is 0 Å². The van der Waals surface area contributed by atoms with Crippen LogP contribution in [0.1, 0.15) is 35.4 Å². The van der Waals surface area contributed by atoms with Crippen molar-refractivity contribution in [1.82, 2.24) is 9.78 Å². The largest absolute Gasteiger partial charge is 0.384 e. The minimum atomic E-state index is -0.375. The normalized spacial score (nSPS) is 13.9. The van der Waals surface area contributed by atoms with Crippen LogP contribution in [-0.2, 0) is 21.0 Å². The third kappa shape index (κ3) is 5.61. The molecule has 34 heavy (non-hydrogen) atoms. The molecule has 1 aromatic heterocycles. The lowest BCUT2D eigenvalue weighted by molar-refractivity contribution is -0.120. The minimum absolute atomic E-state index is 0.0931. The maximum Gasteiger partial charge on any atom is 0.265 e. The third-order valence-electron chi connectivity index (χ3n) is 5.53.